The van der Waals surface area contributed by atoms with E-state index in [2.05, 4.69) is 15.5 Å². The summed E-state index contributed by atoms with van der Waals surface area (Å²) in [7, 11) is 5.05. The molecule has 3 aromatic heterocycles. The van der Waals surface area contributed by atoms with Crippen LogP contribution in [0.3, 0.4) is 0 Å². The molecule has 3 rings (SSSR count). The van der Waals surface area contributed by atoms with E-state index in [9.17, 15) is 4.79 Å². The Morgan fingerprint density at radius 3 is 2.87 bits per heavy atom. The molecule has 0 aliphatic rings. The van der Waals surface area contributed by atoms with E-state index in [1.54, 1.807) is 24.1 Å². The Kier molecular flexibility index (Phi) is 3.88. The summed E-state index contributed by atoms with van der Waals surface area (Å²) in [5.41, 5.74) is 1.25. The van der Waals surface area contributed by atoms with Gasteiger partial charge in [-0.25, -0.2) is 0 Å². The van der Waals surface area contributed by atoms with Crippen molar-refractivity contribution in [1.29, 1.82) is 0 Å². The van der Waals surface area contributed by atoms with Crippen molar-refractivity contribution in [2.24, 2.45) is 14.1 Å². The lowest BCUT2D eigenvalue weighted by atomic mass is 10.3. The zero-order chi connectivity index (χ0) is 16.4. The SMILES string of the molecule is COc1nn(C)cc1C(=O)NCc1ccc(-c2ccnn2C)o1. The molecule has 0 bridgehead atoms. The van der Waals surface area contributed by atoms with E-state index < -0.39 is 0 Å². The molecule has 8 nitrogen and oxygen atoms in total. The molecular formula is C15H17N5O3. The number of nitrogens with zero attached hydrogens (tertiary/aromatic N) is 4. The predicted octanol–water partition coefficient (Wildman–Crippen LogP) is 1.35. The average molecular weight is 315 g/mol. The summed E-state index contributed by atoms with van der Waals surface area (Å²) in [6.07, 6.45) is 3.31. The number of methoxy groups -OCH3 is 1. The fourth-order valence-corrected chi connectivity index (χ4v) is 2.26. The van der Waals surface area contributed by atoms with Gasteiger partial charge in [-0.1, -0.05) is 0 Å². The molecule has 3 aromatic rings. The maximum atomic E-state index is 12.2. The largest absolute Gasteiger partial charge is 0.479 e. The number of rotatable bonds is 5. The first-order valence-electron chi connectivity index (χ1n) is 7.01. The minimum Gasteiger partial charge on any atom is -0.479 e. The molecule has 1 N–H and O–H groups in total. The van der Waals surface area contributed by atoms with Gasteiger partial charge in [0.1, 0.15) is 17.0 Å². The quantitative estimate of drug-likeness (QED) is 0.768. The molecule has 0 aliphatic carbocycles. The Bertz CT molecular complexity index is 830. The molecule has 1 amide bonds. The first kappa shape index (κ1) is 14.9. The molecule has 0 fully saturated rings. The molecule has 0 unspecified atom stereocenters. The molecule has 3 heterocycles. The second kappa shape index (κ2) is 5.99. The third-order valence-corrected chi connectivity index (χ3v) is 3.39. The summed E-state index contributed by atoms with van der Waals surface area (Å²) in [6.45, 7) is 0.273. The van der Waals surface area contributed by atoms with Gasteiger partial charge < -0.3 is 14.5 Å². The minimum atomic E-state index is -0.270. The van der Waals surface area contributed by atoms with Crippen LogP contribution in [0.2, 0.25) is 0 Å². The van der Waals surface area contributed by atoms with Crippen molar-refractivity contribution in [2.45, 2.75) is 6.54 Å². The highest BCUT2D eigenvalue weighted by molar-refractivity contribution is 5.96. The summed E-state index contributed by atoms with van der Waals surface area (Å²) >= 11 is 0. The van der Waals surface area contributed by atoms with Gasteiger partial charge in [0.15, 0.2) is 5.76 Å². The molecule has 0 aliphatic heterocycles. The van der Waals surface area contributed by atoms with Gasteiger partial charge in [-0.05, 0) is 18.2 Å². The summed E-state index contributed by atoms with van der Waals surface area (Å²) in [6, 6.07) is 5.54. The number of furan rings is 1. The third kappa shape index (κ3) is 2.96. The van der Waals surface area contributed by atoms with Gasteiger partial charge in [0, 0.05) is 26.5 Å². The smallest absolute Gasteiger partial charge is 0.258 e. The Balaban J connectivity index is 1.68. The van der Waals surface area contributed by atoms with E-state index in [0.29, 0.717) is 23.0 Å². The van der Waals surface area contributed by atoms with E-state index >= 15 is 0 Å². The van der Waals surface area contributed by atoms with Crippen LogP contribution in [0.5, 0.6) is 5.88 Å². The standard InChI is InChI=1S/C15H17N5O3/c1-19-9-11(15(18-19)22-3)14(21)16-8-10-4-5-13(23-10)12-6-7-17-20(12)2/h4-7,9H,8H2,1-3H3,(H,16,21). The highest BCUT2D eigenvalue weighted by Gasteiger charge is 2.16. The number of amides is 1. The number of nitrogens with one attached hydrogen (secondary N) is 1. The maximum absolute atomic E-state index is 12.2. The van der Waals surface area contributed by atoms with Crippen LogP contribution in [0.4, 0.5) is 0 Å². The summed E-state index contributed by atoms with van der Waals surface area (Å²) in [5.74, 6) is 1.37. The van der Waals surface area contributed by atoms with Crippen molar-refractivity contribution in [2.75, 3.05) is 7.11 Å². The lowest BCUT2D eigenvalue weighted by molar-refractivity contribution is 0.0945. The van der Waals surface area contributed by atoms with Gasteiger partial charge in [-0.2, -0.15) is 5.10 Å². The number of aryl methyl sites for hydroxylation is 2. The van der Waals surface area contributed by atoms with Crippen LogP contribution >= 0.6 is 0 Å². The normalized spacial score (nSPS) is 10.7. The minimum absolute atomic E-state index is 0.270. The Morgan fingerprint density at radius 2 is 2.17 bits per heavy atom. The van der Waals surface area contributed by atoms with E-state index in [-0.39, 0.29) is 12.5 Å². The van der Waals surface area contributed by atoms with Crippen LogP contribution in [0.15, 0.2) is 35.0 Å². The third-order valence-electron chi connectivity index (χ3n) is 3.39. The van der Waals surface area contributed by atoms with Crippen molar-refractivity contribution in [1.82, 2.24) is 24.9 Å². The topological polar surface area (TPSA) is 87.1 Å². The molecule has 0 atom stereocenters. The second-order valence-electron chi connectivity index (χ2n) is 5.01. The van der Waals surface area contributed by atoms with Crippen molar-refractivity contribution < 1.29 is 13.9 Å². The van der Waals surface area contributed by atoms with Crippen LogP contribution < -0.4 is 10.1 Å². The summed E-state index contributed by atoms with van der Waals surface area (Å²) in [5, 5.41) is 10.9. The van der Waals surface area contributed by atoms with Gasteiger partial charge in [0.05, 0.1) is 13.7 Å². The summed E-state index contributed by atoms with van der Waals surface area (Å²) in [4.78, 5) is 12.2. The number of carbonyl (C=O) groups is 1. The van der Waals surface area contributed by atoms with Gasteiger partial charge in [-0.15, -0.1) is 5.10 Å². The zero-order valence-corrected chi connectivity index (χ0v) is 13.1. The van der Waals surface area contributed by atoms with E-state index in [4.69, 9.17) is 9.15 Å². The lowest BCUT2D eigenvalue weighted by Gasteiger charge is -2.03. The fourth-order valence-electron chi connectivity index (χ4n) is 2.26. The highest BCUT2D eigenvalue weighted by atomic mass is 16.5. The number of carbonyl (C=O) groups excluding carboxylic acids is 1. The fraction of sp³-hybridized carbons (Fsp3) is 0.267. The predicted molar refractivity (Wildman–Crippen MR) is 81.8 cm³/mol. The van der Waals surface area contributed by atoms with Gasteiger partial charge in [-0.3, -0.25) is 14.2 Å². The molecular weight excluding hydrogens is 298 g/mol. The molecule has 23 heavy (non-hydrogen) atoms. The first-order valence-corrected chi connectivity index (χ1v) is 7.01. The van der Waals surface area contributed by atoms with Crippen LogP contribution in [-0.4, -0.2) is 32.6 Å². The van der Waals surface area contributed by atoms with E-state index in [1.165, 1.54) is 11.8 Å². The van der Waals surface area contributed by atoms with Crippen LogP contribution in [0.1, 0.15) is 16.1 Å². The maximum Gasteiger partial charge on any atom is 0.258 e. The molecule has 0 saturated heterocycles. The van der Waals surface area contributed by atoms with Gasteiger partial charge >= 0.3 is 0 Å². The molecule has 0 aromatic carbocycles. The highest BCUT2D eigenvalue weighted by Crippen LogP contribution is 2.21. The molecule has 120 valence electrons. The average Bonchev–Trinajstić information content (AvgIpc) is 3.24. The Labute approximate surface area is 132 Å². The Morgan fingerprint density at radius 1 is 1.35 bits per heavy atom. The monoisotopic (exact) mass is 315 g/mol. The molecule has 0 spiro atoms. The molecule has 0 saturated carbocycles. The van der Waals surface area contributed by atoms with Crippen molar-refractivity contribution in [3.63, 3.8) is 0 Å². The summed E-state index contributed by atoms with van der Waals surface area (Å²) < 4.78 is 14.1. The number of hydrogen-bond donors (Lipinski definition) is 1. The lowest BCUT2D eigenvalue weighted by Crippen LogP contribution is -2.22. The van der Waals surface area contributed by atoms with E-state index in [1.807, 2.05) is 25.2 Å². The number of hydrogen-bond acceptors (Lipinski definition) is 5. The van der Waals surface area contributed by atoms with Crippen molar-refractivity contribution >= 4 is 5.91 Å². The number of aromatic nitrogens is 4. The van der Waals surface area contributed by atoms with Gasteiger partial charge in [0.25, 0.3) is 5.91 Å². The van der Waals surface area contributed by atoms with Crippen molar-refractivity contribution in [3.8, 4) is 17.3 Å². The van der Waals surface area contributed by atoms with Crippen LogP contribution in [0, 0.1) is 0 Å². The molecule has 0 radical (unpaired) electrons. The first-order chi connectivity index (χ1) is 11.1. The van der Waals surface area contributed by atoms with Crippen LogP contribution in [0.25, 0.3) is 11.5 Å². The van der Waals surface area contributed by atoms with E-state index in [0.717, 1.165) is 5.69 Å². The van der Waals surface area contributed by atoms with Crippen LogP contribution in [-0.2, 0) is 20.6 Å². The van der Waals surface area contributed by atoms with Crippen molar-refractivity contribution in [3.05, 3.63) is 41.9 Å². The molecule has 8 heteroatoms. The second-order valence-corrected chi connectivity index (χ2v) is 5.01. The van der Waals surface area contributed by atoms with Gasteiger partial charge in [0.2, 0.25) is 5.88 Å². The Hall–Kier alpha value is -3.03. The number of ether oxygens (including phenoxy) is 1. The zero-order valence-electron chi connectivity index (χ0n) is 13.1.